The summed E-state index contributed by atoms with van der Waals surface area (Å²) < 4.78 is 7.29. The van der Waals surface area contributed by atoms with Crippen LogP contribution in [0.1, 0.15) is 23.4 Å². The standard InChI is InChI=1S/C15H24N4O/c1-13-14(10-15(11-16)18(13)2)12-17-4-3-5-19-6-8-20-9-7-19/h10,17H,3-9,12H2,1-2H3. The lowest BCUT2D eigenvalue weighted by Crippen LogP contribution is -2.37. The van der Waals surface area contributed by atoms with E-state index in [-0.39, 0.29) is 0 Å². The predicted molar refractivity (Wildman–Crippen MR) is 78.4 cm³/mol. The second kappa shape index (κ2) is 7.44. The van der Waals surface area contributed by atoms with Crippen molar-refractivity contribution in [1.29, 1.82) is 5.26 Å². The lowest BCUT2D eigenvalue weighted by atomic mass is 10.2. The van der Waals surface area contributed by atoms with Crippen LogP contribution in [0.2, 0.25) is 0 Å². The Kier molecular flexibility index (Phi) is 5.60. The fourth-order valence-electron chi connectivity index (χ4n) is 2.52. The summed E-state index contributed by atoms with van der Waals surface area (Å²) in [4.78, 5) is 2.45. The molecule has 0 radical (unpaired) electrons. The van der Waals surface area contributed by atoms with Crippen LogP contribution >= 0.6 is 0 Å². The Bertz CT molecular complexity index is 469. The smallest absolute Gasteiger partial charge is 0.120 e. The van der Waals surface area contributed by atoms with Crippen LogP contribution in [-0.2, 0) is 18.3 Å². The molecule has 1 aliphatic heterocycles. The van der Waals surface area contributed by atoms with Crippen LogP contribution in [0.5, 0.6) is 0 Å². The quantitative estimate of drug-likeness (QED) is 0.788. The van der Waals surface area contributed by atoms with E-state index < -0.39 is 0 Å². The minimum absolute atomic E-state index is 0.729. The van der Waals surface area contributed by atoms with Crippen LogP contribution in [0, 0.1) is 18.3 Å². The number of morpholine rings is 1. The molecule has 0 amide bonds. The summed E-state index contributed by atoms with van der Waals surface area (Å²) in [5.41, 5.74) is 3.12. The molecule has 0 aliphatic carbocycles. The molecule has 2 heterocycles. The highest BCUT2D eigenvalue weighted by Gasteiger charge is 2.10. The van der Waals surface area contributed by atoms with Gasteiger partial charge in [0.25, 0.3) is 0 Å². The zero-order valence-electron chi connectivity index (χ0n) is 12.5. The molecular weight excluding hydrogens is 252 g/mol. The third kappa shape index (κ3) is 3.83. The summed E-state index contributed by atoms with van der Waals surface area (Å²) in [5.74, 6) is 0. The highest BCUT2D eigenvalue weighted by Crippen LogP contribution is 2.12. The summed E-state index contributed by atoms with van der Waals surface area (Å²) in [6, 6.07) is 4.19. The van der Waals surface area contributed by atoms with Crippen LogP contribution in [0.25, 0.3) is 0 Å². The summed E-state index contributed by atoms with van der Waals surface area (Å²) in [6.07, 6.45) is 1.15. The number of nitrogens with one attached hydrogen (secondary N) is 1. The van der Waals surface area contributed by atoms with Gasteiger partial charge in [0.2, 0.25) is 0 Å². The Morgan fingerprint density at radius 1 is 1.40 bits per heavy atom. The van der Waals surface area contributed by atoms with Crippen molar-refractivity contribution in [2.75, 3.05) is 39.4 Å². The molecule has 1 saturated heterocycles. The van der Waals surface area contributed by atoms with Crippen molar-refractivity contribution in [3.05, 3.63) is 23.0 Å². The molecule has 1 aromatic rings. The second-order valence-corrected chi connectivity index (χ2v) is 5.30. The maximum atomic E-state index is 9.00. The molecule has 1 fully saturated rings. The fraction of sp³-hybridized carbons (Fsp3) is 0.667. The van der Waals surface area contributed by atoms with Gasteiger partial charge in [-0.15, -0.1) is 0 Å². The number of rotatable bonds is 6. The van der Waals surface area contributed by atoms with Crippen LogP contribution in [0.4, 0.5) is 0 Å². The number of ether oxygens (including phenoxy) is 1. The van der Waals surface area contributed by atoms with Gasteiger partial charge in [0, 0.05) is 32.4 Å². The largest absolute Gasteiger partial charge is 0.379 e. The molecule has 0 unspecified atom stereocenters. The van der Waals surface area contributed by atoms with E-state index in [1.807, 2.05) is 17.7 Å². The van der Waals surface area contributed by atoms with Crippen molar-refractivity contribution < 1.29 is 4.74 Å². The van der Waals surface area contributed by atoms with Crippen molar-refractivity contribution in [3.8, 4) is 6.07 Å². The first kappa shape index (κ1) is 15.0. The van der Waals surface area contributed by atoms with E-state index >= 15 is 0 Å². The van der Waals surface area contributed by atoms with Gasteiger partial charge in [-0.1, -0.05) is 0 Å². The summed E-state index contributed by atoms with van der Waals surface area (Å²) >= 11 is 0. The predicted octanol–water partition coefficient (Wildman–Crippen LogP) is 1.02. The van der Waals surface area contributed by atoms with Crippen LogP contribution in [-0.4, -0.2) is 48.9 Å². The van der Waals surface area contributed by atoms with Gasteiger partial charge in [0.15, 0.2) is 0 Å². The van der Waals surface area contributed by atoms with Gasteiger partial charge >= 0.3 is 0 Å². The van der Waals surface area contributed by atoms with E-state index in [0.717, 1.165) is 58.1 Å². The van der Waals surface area contributed by atoms with Gasteiger partial charge in [-0.2, -0.15) is 5.26 Å². The van der Waals surface area contributed by atoms with Crippen molar-refractivity contribution in [3.63, 3.8) is 0 Å². The molecule has 0 spiro atoms. The Labute approximate surface area is 121 Å². The number of nitriles is 1. The first-order valence-corrected chi connectivity index (χ1v) is 7.28. The first-order valence-electron chi connectivity index (χ1n) is 7.28. The minimum atomic E-state index is 0.729. The van der Waals surface area contributed by atoms with Crippen molar-refractivity contribution in [2.45, 2.75) is 19.9 Å². The Balaban J connectivity index is 1.67. The van der Waals surface area contributed by atoms with E-state index in [0.29, 0.717) is 0 Å². The van der Waals surface area contributed by atoms with Crippen molar-refractivity contribution in [2.24, 2.45) is 7.05 Å². The maximum absolute atomic E-state index is 9.00. The molecule has 0 atom stereocenters. The van der Waals surface area contributed by atoms with E-state index in [4.69, 9.17) is 10.00 Å². The molecular formula is C15H24N4O. The monoisotopic (exact) mass is 276 g/mol. The van der Waals surface area contributed by atoms with Crippen LogP contribution < -0.4 is 5.32 Å². The molecule has 0 saturated carbocycles. The first-order chi connectivity index (χ1) is 9.72. The molecule has 2 rings (SSSR count). The summed E-state index contributed by atoms with van der Waals surface area (Å²) in [5, 5.41) is 12.5. The van der Waals surface area contributed by atoms with Crippen LogP contribution in [0.3, 0.4) is 0 Å². The van der Waals surface area contributed by atoms with E-state index in [1.54, 1.807) is 0 Å². The second-order valence-electron chi connectivity index (χ2n) is 5.30. The average Bonchev–Trinajstić information content (AvgIpc) is 2.76. The van der Waals surface area contributed by atoms with E-state index in [9.17, 15) is 0 Å². The van der Waals surface area contributed by atoms with E-state index in [2.05, 4.69) is 23.2 Å². The molecule has 0 aromatic carbocycles. The molecule has 1 aromatic heterocycles. The normalized spacial score (nSPS) is 16.2. The molecule has 5 heteroatoms. The Morgan fingerprint density at radius 2 is 2.15 bits per heavy atom. The third-order valence-corrected chi connectivity index (χ3v) is 4.00. The zero-order valence-corrected chi connectivity index (χ0v) is 12.5. The summed E-state index contributed by atoms with van der Waals surface area (Å²) in [6.45, 7) is 8.89. The van der Waals surface area contributed by atoms with Crippen molar-refractivity contribution in [1.82, 2.24) is 14.8 Å². The highest BCUT2D eigenvalue weighted by molar-refractivity contribution is 5.33. The summed E-state index contributed by atoms with van der Waals surface area (Å²) in [7, 11) is 1.94. The number of hydrogen-bond acceptors (Lipinski definition) is 4. The molecule has 0 bridgehead atoms. The number of aromatic nitrogens is 1. The molecule has 1 N–H and O–H groups in total. The Morgan fingerprint density at radius 3 is 2.80 bits per heavy atom. The van der Waals surface area contributed by atoms with Gasteiger partial charge < -0.3 is 14.6 Å². The van der Waals surface area contributed by atoms with Gasteiger partial charge in [0.05, 0.1) is 13.2 Å². The SMILES string of the molecule is Cc1c(CNCCCN2CCOCC2)cc(C#N)n1C. The highest BCUT2D eigenvalue weighted by atomic mass is 16.5. The molecule has 110 valence electrons. The maximum Gasteiger partial charge on any atom is 0.120 e. The van der Waals surface area contributed by atoms with Gasteiger partial charge in [0.1, 0.15) is 11.8 Å². The topological polar surface area (TPSA) is 53.2 Å². The third-order valence-electron chi connectivity index (χ3n) is 4.00. The number of nitrogens with zero attached hydrogens (tertiary/aromatic N) is 3. The van der Waals surface area contributed by atoms with E-state index in [1.165, 1.54) is 11.3 Å². The van der Waals surface area contributed by atoms with Crippen molar-refractivity contribution >= 4 is 0 Å². The molecule has 5 nitrogen and oxygen atoms in total. The van der Waals surface area contributed by atoms with Gasteiger partial charge in [-0.25, -0.2) is 0 Å². The van der Waals surface area contributed by atoms with Gasteiger partial charge in [-0.05, 0) is 38.1 Å². The lowest BCUT2D eigenvalue weighted by molar-refractivity contribution is 0.0374. The molecule has 20 heavy (non-hydrogen) atoms. The average molecular weight is 276 g/mol. The lowest BCUT2D eigenvalue weighted by Gasteiger charge is -2.26. The van der Waals surface area contributed by atoms with Crippen LogP contribution in [0.15, 0.2) is 6.07 Å². The Hall–Kier alpha value is -1.35. The van der Waals surface area contributed by atoms with Gasteiger partial charge in [-0.3, -0.25) is 4.90 Å². The zero-order chi connectivity index (χ0) is 14.4. The molecule has 1 aliphatic rings. The minimum Gasteiger partial charge on any atom is -0.379 e. The number of hydrogen-bond donors (Lipinski definition) is 1. The fourth-order valence-corrected chi connectivity index (χ4v) is 2.52.